The maximum absolute atomic E-state index is 12.0. The number of hydrogen-bond acceptors (Lipinski definition) is 2. The van der Waals surface area contributed by atoms with Crippen LogP contribution in [0.4, 0.5) is 0 Å². The van der Waals surface area contributed by atoms with E-state index >= 15 is 0 Å². The highest BCUT2D eigenvalue weighted by atomic mass is 35.5. The molecule has 1 aromatic carbocycles. The average Bonchev–Trinajstić information content (AvgIpc) is 2.67. The van der Waals surface area contributed by atoms with E-state index in [9.17, 15) is 4.79 Å². The molecule has 3 rings (SSSR count). The summed E-state index contributed by atoms with van der Waals surface area (Å²) >= 11 is 12.2. The molecule has 102 valence electrons. The molecule has 0 radical (unpaired) electrons. The molecule has 1 N–H and O–H groups in total. The third kappa shape index (κ3) is 2.01. The third-order valence-corrected chi connectivity index (χ3v) is 3.68. The van der Waals surface area contributed by atoms with Crippen molar-refractivity contribution in [3.05, 3.63) is 50.2 Å². The molecule has 0 spiro atoms. The van der Waals surface area contributed by atoms with Gasteiger partial charge in [-0.25, -0.2) is 0 Å². The fraction of sp³-hybridized carbons (Fsp3) is 0.143. The van der Waals surface area contributed by atoms with Gasteiger partial charge in [-0.05, 0) is 25.1 Å². The Morgan fingerprint density at radius 3 is 2.70 bits per heavy atom. The van der Waals surface area contributed by atoms with Crippen molar-refractivity contribution in [2.45, 2.75) is 6.92 Å². The normalized spacial score (nSPS) is 11.2. The predicted molar refractivity (Wildman–Crippen MR) is 81.5 cm³/mol. The van der Waals surface area contributed by atoms with Crippen LogP contribution in [0, 0.1) is 6.92 Å². The van der Waals surface area contributed by atoms with Gasteiger partial charge in [0.1, 0.15) is 0 Å². The summed E-state index contributed by atoms with van der Waals surface area (Å²) in [5.74, 6) is 0. The Balaban J connectivity index is 2.42. The number of nitrogens with zero attached hydrogens (tertiary/aromatic N) is 2. The number of aromatic nitrogens is 3. The van der Waals surface area contributed by atoms with Gasteiger partial charge in [0.05, 0.1) is 16.2 Å². The van der Waals surface area contributed by atoms with E-state index in [1.165, 1.54) is 6.07 Å². The van der Waals surface area contributed by atoms with Crippen LogP contribution in [0.1, 0.15) is 5.69 Å². The molecule has 0 saturated carbocycles. The van der Waals surface area contributed by atoms with Gasteiger partial charge in [-0.1, -0.05) is 23.2 Å². The maximum atomic E-state index is 12.0. The summed E-state index contributed by atoms with van der Waals surface area (Å²) in [5.41, 5.74) is 3.30. The topological polar surface area (TPSA) is 50.7 Å². The Labute approximate surface area is 124 Å². The number of pyridine rings is 1. The lowest BCUT2D eigenvalue weighted by atomic mass is 10.1. The zero-order valence-electron chi connectivity index (χ0n) is 10.9. The molecular weight excluding hydrogens is 297 g/mol. The molecule has 0 bridgehead atoms. The van der Waals surface area contributed by atoms with Crippen molar-refractivity contribution in [1.29, 1.82) is 0 Å². The fourth-order valence-corrected chi connectivity index (χ4v) is 2.80. The lowest BCUT2D eigenvalue weighted by molar-refractivity contribution is 0.787. The van der Waals surface area contributed by atoms with Crippen molar-refractivity contribution >= 4 is 34.2 Å². The minimum absolute atomic E-state index is 0.108. The smallest absolute Gasteiger partial charge is 0.209 e. The van der Waals surface area contributed by atoms with Crippen molar-refractivity contribution in [1.82, 2.24) is 14.8 Å². The van der Waals surface area contributed by atoms with Crippen molar-refractivity contribution in [3.63, 3.8) is 0 Å². The minimum atomic E-state index is -0.108. The molecule has 0 unspecified atom stereocenters. The van der Waals surface area contributed by atoms with E-state index in [1.54, 1.807) is 23.9 Å². The average molecular weight is 308 g/mol. The standard InChI is InChI=1S/C14H11Cl2N3O/c1-7-5-11(20)12-13(17-7)14(19(2)18-12)9-4-3-8(15)6-10(9)16/h3-6,17H,1-2H3. The van der Waals surface area contributed by atoms with E-state index in [4.69, 9.17) is 23.2 Å². The second-order valence-corrected chi connectivity index (χ2v) is 5.48. The molecule has 2 heterocycles. The van der Waals surface area contributed by atoms with Crippen molar-refractivity contribution in [3.8, 4) is 11.3 Å². The van der Waals surface area contributed by atoms with Gasteiger partial charge in [-0.3, -0.25) is 9.48 Å². The van der Waals surface area contributed by atoms with Gasteiger partial charge < -0.3 is 4.98 Å². The molecule has 0 atom stereocenters. The van der Waals surface area contributed by atoms with E-state index in [0.717, 1.165) is 17.0 Å². The van der Waals surface area contributed by atoms with E-state index in [2.05, 4.69) is 10.1 Å². The number of nitrogens with one attached hydrogen (secondary N) is 1. The van der Waals surface area contributed by atoms with Crippen LogP contribution in [0.25, 0.3) is 22.3 Å². The first-order chi connectivity index (χ1) is 9.47. The number of fused-ring (bicyclic) bond motifs is 1. The summed E-state index contributed by atoms with van der Waals surface area (Å²) in [6, 6.07) is 6.78. The summed E-state index contributed by atoms with van der Waals surface area (Å²) < 4.78 is 1.65. The summed E-state index contributed by atoms with van der Waals surface area (Å²) in [4.78, 5) is 15.2. The van der Waals surface area contributed by atoms with Gasteiger partial charge in [-0.15, -0.1) is 0 Å². The van der Waals surface area contributed by atoms with Crippen molar-refractivity contribution in [2.75, 3.05) is 0 Å². The van der Waals surface area contributed by atoms with Gasteiger partial charge in [0.25, 0.3) is 0 Å². The SMILES string of the molecule is Cc1cc(=O)c2nn(C)c(-c3ccc(Cl)cc3Cl)c2[nH]1. The van der Waals surface area contributed by atoms with E-state index in [1.807, 2.05) is 13.0 Å². The highest BCUT2D eigenvalue weighted by molar-refractivity contribution is 6.36. The molecule has 20 heavy (non-hydrogen) atoms. The molecule has 4 nitrogen and oxygen atoms in total. The molecule has 0 aliphatic heterocycles. The van der Waals surface area contributed by atoms with Gasteiger partial charge in [0, 0.05) is 29.4 Å². The summed E-state index contributed by atoms with van der Waals surface area (Å²) in [6.45, 7) is 1.83. The number of benzene rings is 1. The fourth-order valence-electron chi connectivity index (χ4n) is 2.30. The minimum Gasteiger partial charge on any atom is -0.355 e. The summed E-state index contributed by atoms with van der Waals surface area (Å²) in [6.07, 6.45) is 0. The van der Waals surface area contributed by atoms with Gasteiger partial charge in [0.15, 0.2) is 5.52 Å². The molecular formula is C14H11Cl2N3O. The third-order valence-electron chi connectivity index (χ3n) is 3.14. The van der Waals surface area contributed by atoms with Crippen molar-refractivity contribution < 1.29 is 0 Å². The van der Waals surface area contributed by atoms with E-state index in [0.29, 0.717) is 21.1 Å². The highest BCUT2D eigenvalue weighted by Gasteiger charge is 2.16. The Hall–Kier alpha value is -1.78. The van der Waals surface area contributed by atoms with E-state index in [-0.39, 0.29) is 5.43 Å². The number of rotatable bonds is 1. The number of H-pyrrole nitrogens is 1. The number of hydrogen-bond donors (Lipinski definition) is 1. The zero-order valence-corrected chi connectivity index (χ0v) is 12.4. The Bertz CT molecular complexity index is 880. The first-order valence-corrected chi connectivity index (χ1v) is 6.75. The summed E-state index contributed by atoms with van der Waals surface area (Å²) in [7, 11) is 1.78. The van der Waals surface area contributed by atoms with Crippen molar-refractivity contribution in [2.24, 2.45) is 7.05 Å². The van der Waals surface area contributed by atoms with Crippen LogP contribution < -0.4 is 5.43 Å². The van der Waals surface area contributed by atoms with Crippen LogP contribution in [0.5, 0.6) is 0 Å². The molecule has 6 heteroatoms. The molecule has 3 aromatic rings. The monoisotopic (exact) mass is 307 g/mol. The second kappa shape index (κ2) is 4.65. The molecule has 0 aliphatic rings. The lowest BCUT2D eigenvalue weighted by Gasteiger charge is -2.06. The van der Waals surface area contributed by atoms with Gasteiger partial charge in [-0.2, -0.15) is 5.10 Å². The first kappa shape index (κ1) is 13.2. The van der Waals surface area contributed by atoms with Crippen LogP contribution in [0.15, 0.2) is 29.1 Å². The quantitative estimate of drug-likeness (QED) is 0.747. The van der Waals surface area contributed by atoms with Crippen LogP contribution in [-0.4, -0.2) is 14.8 Å². The molecule has 0 aliphatic carbocycles. The highest BCUT2D eigenvalue weighted by Crippen LogP contribution is 2.33. The Kier molecular flexibility index (Phi) is 3.07. The Morgan fingerprint density at radius 2 is 2.00 bits per heavy atom. The lowest BCUT2D eigenvalue weighted by Crippen LogP contribution is -2.02. The van der Waals surface area contributed by atoms with Crippen LogP contribution in [0.2, 0.25) is 10.0 Å². The van der Waals surface area contributed by atoms with E-state index < -0.39 is 0 Å². The van der Waals surface area contributed by atoms with Crippen LogP contribution in [-0.2, 0) is 7.05 Å². The first-order valence-electron chi connectivity index (χ1n) is 5.99. The largest absolute Gasteiger partial charge is 0.355 e. The molecule has 0 amide bonds. The maximum Gasteiger partial charge on any atom is 0.209 e. The zero-order chi connectivity index (χ0) is 14.4. The number of aryl methyl sites for hydroxylation is 2. The molecule has 0 fully saturated rings. The van der Waals surface area contributed by atoms with Crippen LogP contribution in [0.3, 0.4) is 0 Å². The molecule has 2 aromatic heterocycles. The predicted octanol–water partition coefficient (Wildman–Crippen LogP) is 3.54. The Morgan fingerprint density at radius 1 is 1.25 bits per heavy atom. The van der Waals surface area contributed by atoms with Crippen LogP contribution >= 0.6 is 23.2 Å². The second-order valence-electron chi connectivity index (χ2n) is 4.64. The summed E-state index contributed by atoms with van der Waals surface area (Å²) in [5, 5.41) is 5.36. The number of aromatic amines is 1. The number of halogens is 2. The van der Waals surface area contributed by atoms with Gasteiger partial charge in [0.2, 0.25) is 5.43 Å². The molecule has 0 saturated heterocycles. The van der Waals surface area contributed by atoms with Gasteiger partial charge >= 0.3 is 0 Å².